The first-order chi connectivity index (χ1) is 16.9. The van der Waals surface area contributed by atoms with Crippen molar-refractivity contribution in [2.24, 2.45) is 5.92 Å². The summed E-state index contributed by atoms with van der Waals surface area (Å²) in [5, 5.41) is 15.6. The van der Waals surface area contributed by atoms with Crippen LogP contribution in [0.4, 0.5) is 10.5 Å². The SMILES string of the molecule is CC(C)NC(=O)N(C)C[C@@H]1Oc2ccc(NC(=O)CCCN(C)C)cc2C(=O)N([C@@H](C)CO)C[C@H]1C. The van der Waals surface area contributed by atoms with Gasteiger partial charge in [0.15, 0.2) is 0 Å². The molecule has 3 atom stereocenters. The minimum atomic E-state index is -0.405. The lowest BCUT2D eigenvalue weighted by Crippen LogP contribution is -2.51. The summed E-state index contributed by atoms with van der Waals surface area (Å²) >= 11 is 0. The molecule has 1 aliphatic rings. The van der Waals surface area contributed by atoms with Crippen LogP contribution in [0.25, 0.3) is 0 Å². The number of carbonyl (C=O) groups is 3. The number of nitrogens with zero attached hydrogens (tertiary/aromatic N) is 3. The molecule has 202 valence electrons. The van der Waals surface area contributed by atoms with Gasteiger partial charge in [-0.1, -0.05) is 6.92 Å². The normalized spacial score (nSPS) is 18.7. The minimum Gasteiger partial charge on any atom is -0.487 e. The summed E-state index contributed by atoms with van der Waals surface area (Å²) in [5.41, 5.74) is 0.823. The summed E-state index contributed by atoms with van der Waals surface area (Å²) < 4.78 is 6.31. The Balaban J connectivity index is 2.31. The molecule has 0 aromatic heterocycles. The number of hydrogen-bond donors (Lipinski definition) is 3. The minimum absolute atomic E-state index is 0.00591. The van der Waals surface area contributed by atoms with E-state index in [9.17, 15) is 19.5 Å². The van der Waals surface area contributed by atoms with Gasteiger partial charge < -0.3 is 35.2 Å². The van der Waals surface area contributed by atoms with Crippen molar-refractivity contribution in [2.45, 2.75) is 58.7 Å². The fourth-order valence-electron chi connectivity index (χ4n) is 4.01. The lowest BCUT2D eigenvalue weighted by atomic mass is 9.99. The molecule has 0 unspecified atom stereocenters. The molecule has 0 fully saturated rings. The molecule has 3 N–H and O–H groups in total. The van der Waals surface area contributed by atoms with Crippen LogP contribution in [0, 0.1) is 5.92 Å². The monoisotopic (exact) mass is 505 g/mol. The number of urea groups is 1. The van der Waals surface area contributed by atoms with E-state index in [1.54, 1.807) is 42.0 Å². The molecule has 0 radical (unpaired) electrons. The second-order valence-corrected chi connectivity index (χ2v) is 10.3. The van der Waals surface area contributed by atoms with E-state index < -0.39 is 6.04 Å². The van der Waals surface area contributed by atoms with Crippen LogP contribution in [0.15, 0.2) is 18.2 Å². The Bertz CT molecular complexity index is 907. The summed E-state index contributed by atoms with van der Waals surface area (Å²) in [6, 6.07) is 4.43. The number of aliphatic hydroxyl groups excluding tert-OH is 1. The summed E-state index contributed by atoms with van der Waals surface area (Å²) in [6.45, 7) is 8.85. The molecule has 4 amide bonds. The molecule has 0 saturated carbocycles. The molecule has 1 aliphatic heterocycles. The highest BCUT2D eigenvalue weighted by atomic mass is 16.5. The van der Waals surface area contributed by atoms with Crippen LogP contribution in [0.5, 0.6) is 5.75 Å². The number of anilines is 1. The van der Waals surface area contributed by atoms with Gasteiger partial charge in [-0.25, -0.2) is 4.79 Å². The number of aliphatic hydroxyl groups is 1. The van der Waals surface area contributed by atoms with Crippen LogP contribution in [0.2, 0.25) is 0 Å². The molecule has 1 aromatic carbocycles. The number of carbonyl (C=O) groups excluding carboxylic acids is 3. The maximum atomic E-state index is 13.5. The number of benzene rings is 1. The third-order valence-electron chi connectivity index (χ3n) is 6.17. The average molecular weight is 506 g/mol. The first kappa shape index (κ1) is 29.4. The second-order valence-electron chi connectivity index (χ2n) is 10.3. The quantitative estimate of drug-likeness (QED) is 0.449. The van der Waals surface area contributed by atoms with Crippen LogP contribution >= 0.6 is 0 Å². The Morgan fingerprint density at radius 1 is 1.22 bits per heavy atom. The van der Waals surface area contributed by atoms with Gasteiger partial charge in [0, 0.05) is 37.7 Å². The molecule has 10 nitrogen and oxygen atoms in total. The van der Waals surface area contributed by atoms with E-state index >= 15 is 0 Å². The molecule has 1 heterocycles. The standard InChI is InChI=1S/C26H43N5O5/c1-17(2)27-26(35)30(7)15-23-18(3)14-31(19(4)16-32)25(34)21-13-20(10-11-22(21)36-23)28-24(33)9-8-12-29(5)6/h10-11,13,17-19,23,32H,8-9,12,14-16H2,1-7H3,(H,27,35)(H,28,33)/t18-,19+,23+/m1/s1. The molecule has 0 bridgehead atoms. The van der Waals surface area contributed by atoms with Crippen molar-refractivity contribution < 1.29 is 24.2 Å². The van der Waals surface area contributed by atoms with E-state index in [4.69, 9.17) is 4.74 Å². The number of amides is 4. The molecule has 0 aliphatic carbocycles. The van der Waals surface area contributed by atoms with Crippen molar-refractivity contribution in [1.29, 1.82) is 0 Å². The number of hydrogen-bond acceptors (Lipinski definition) is 6. The lowest BCUT2D eigenvalue weighted by Gasteiger charge is -2.38. The largest absolute Gasteiger partial charge is 0.487 e. The van der Waals surface area contributed by atoms with Crippen LogP contribution in [0.3, 0.4) is 0 Å². The van der Waals surface area contributed by atoms with Gasteiger partial charge in [-0.3, -0.25) is 9.59 Å². The van der Waals surface area contributed by atoms with Crippen LogP contribution in [-0.2, 0) is 4.79 Å². The van der Waals surface area contributed by atoms with Crippen molar-refractivity contribution in [3.05, 3.63) is 23.8 Å². The number of ether oxygens (including phenoxy) is 1. The van der Waals surface area contributed by atoms with Gasteiger partial charge in [0.1, 0.15) is 11.9 Å². The van der Waals surface area contributed by atoms with Crippen LogP contribution in [-0.4, -0.2) is 103 Å². The van der Waals surface area contributed by atoms with E-state index in [1.165, 1.54) is 0 Å². The number of likely N-dealkylation sites (N-methyl/N-ethyl adjacent to an activating group) is 1. The fourth-order valence-corrected chi connectivity index (χ4v) is 4.01. The maximum Gasteiger partial charge on any atom is 0.317 e. The van der Waals surface area contributed by atoms with Gasteiger partial charge in [-0.2, -0.15) is 0 Å². The highest BCUT2D eigenvalue weighted by Gasteiger charge is 2.34. The van der Waals surface area contributed by atoms with E-state index in [0.29, 0.717) is 36.5 Å². The first-order valence-corrected chi connectivity index (χ1v) is 12.6. The van der Waals surface area contributed by atoms with Crippen molar-refractivity contribution >= 4 is 23.5 Å². The summed E-state index contributed by atoms with van der Waals surface area (Å²) in [5.74, 6) is -0.121. The zero-order valence-electron chi connectivity index (χ0n) is 22.7. The lowest BCUT2D eigenvalue weighted by molar-refractivity contribution is -0.116. The summed E-state index contributed by atoms with van der Waals surface area (Å²) in [6.07, 6.45) is 0.711. The Morgan fingerprint density at radius 2 is 1.92 bits per heavy atom. The first-order valence-electron chi connectivity index (χ1n) is 12.6. The highest BCUT2D eigenvalue weighted by Crippen LogP contribution is 2.30. The molecule has 0 saturated heterocycles. The van der Waals surface area contributed by atoms with Crippen molar-refractivity contribution in [3.63, 3.8) is 0 Å². The van der Waals surface area contributed by atoms with Crippen molar-refractivity contribution in [1.82, 2.24) is 20.0 Å². The van der Waals surface area contributed by atoms with Gasteiger partial charge in [0.2, 0.25) is 5.91 Å². The van der Waals surface area contributed by atoms with Gasteiger partial charge in [0.05, 0.1) is 24.8 Å². The number of nitrogens with one attached hydrogen (secondary N) is 2. The average Bonchev–Trinajstić information content (AvgIpc) is 2.80. The van der Waals surface area contributed by atoms with Gasteiger partial charge in [-0.15, -0.1) is 0 Å². The predicted octanol–water partition coefficient (Wildman–Crippen LogP) is 2.24. The molecule has 10 heteroatoms. The Labute approximate surface area is 214 Å². The Morgan fingerprint density at radius 3 is 2.53 bits per heavy atom. The van der Waals surface area contributed by atoms with Crippen molar-refractivity contribution in [2.75, 3.05) is 52.7 Å². The van der Waals surface area contributed by atoms with E-state index in [-0.39, 0.29) is 42.5 Å². The fraction of sp³-hybridized carbons (Fsp3) is 0.654. The molecule has 2 rings (SSSR count). The molecular formula is C26H43N5O5. The topological polar surface area (TPSA) is 114 Å². The molecule has 1 aromatic rings. The van der Waals surface area contributed by atoms with Gasteiger partial charge in [0.25, 0.3) is 5.91 Å². The third-order valence-corrected chi connectivity index (χ3v) is 6.17. The second kappa shape index (κ2) is 13.5. The third kappa shape index (κ3) is 8.37. The van der Waals surface area contributed by atoms with Crippen LogP contribution in [0.1, 0.15) is 50.9 Å². The van der Waals surface area contributed by atoms with E-state index in [0.717, 1.165) is 13.0 Å². The smallest absolute Gasteiger partial charge is 0.317 e. The Kier molecular flexibility index (Phi) is 11.0. The van der Waals surface area contributed by atoms with Crippen LogP contribution < -0.4 is 15.4 Å². The number of rotatable bonds is 10. The predicted molar refractivity (Wildman–Crippen MR) is 140 cm³/mol. The van der Waals surface area contributed by atoms with E-state index in [2.05, 4.69) is 10.6 Å². The van der Waals surface area contributed by atoms with E-state index in [1.807, 2.05) is 39.8 Å². The highest BCUT2D eigenvalue weighted by molar-refractivity contribution is 5.99. The zero-order chi connectivity index (χ0) is 27.0. The maximum absolute atomic E-state index is 13.5. The van der Waals surface area contributed by atoms with Gasteiger partial charge in [-0.05, 0) is 66.0 Å². The Hall–Kier alpha value is -2.85. The van der Waals surface area contributed by atoms with Crippen molar-refractivity contribution in [3.8, 4) is 5.75 Å². The molecule has 36 heavy (non-hydrogen) atoms. The zero-order valence-corrected chi connectivity index (χ0v) is 22.7. The summed E-state index contributed by atoms with van der Waals surface area (Å²) in [4.78, 5) is 43.6. The molecule has 0 spiro atoms. The van der Waals surface area contributed by atoms with Gasteiger partial charge >= 0.3 is 6.03 Å². The molecular weight excluding hydrogens is 462 g/mol. The summed E-state index contributed by atoms with van der Waals surface area (Å²) in [7, 11) is 5.63. The number of fused-ring (bicyclic) bond motifs is 1.